The van der Waals surface area contributed by atoms with Crippen LogP contribution in [0.2, 0.25) is 0 Å². The first kappa shape index (κ1) is 18.4. The van der Waals surface area contributed by atoms with Crippen LogP contribution in [0.15, 0.2) is 47.5 Å². The fourth-order valence-corrected chi connectivity index (χ4v) is 3.37. The van der Waals surface area contributed by atoms with Crippen molar-refractivity contribution in [3.8, 4) is 0 Å². The molecular formula is C17H11F5N2OS. The number of aliphatic imine (C=N–C) groups is 1. The minimum atomic E-state index is -4.86. The summed E-state index contributed by atoms with van der Waals surface area (Å²) in [6.45, 7) is 0. The van der Waals surface area contributed by atoms with E-state index >= 15 is 0 Å². The van der Waals surface area contributed by atoms with Crippen molar-refractivity contribution in [1.82, 2.24) is 0 Å². The molecule has 1 unspecified atom stereocenters. The van der Waals surface area contributed by atoms with E-state index in [1.165, 1.54) is 36.0 Å². The molecule has 2 aromatic carbocycles. The Morgan fingerprint density at radius 3 is 2.46 bits per heavy atom. The Kier molecular flexibility index (Phi) is 4.99. The summed E-state index contributed by atoms with van der Waals surface area (Å²) in [5.41, 5.74) is -1.39. The van der Waals surface area contributed by atoms with Gasteiger partial charge in [0.05, 0.1) is 16.3 Å². The summed E-state index contributed by atoms with van der Waals surface area (Å²) in [4.78, 5) is 16.4. The Labute approximate surface area is 149 Å². The van der Waals surface area contributed by atoms with E-state index in [9.17, 15) is 26.7 Å². The zero-order chi connectivity index (χ0) is 18.9. The predicted molar refractivity (Wildman–Crippen MR) is 89.2 cm³/mol. The molecule has 1 N–H and O–H groups in total. The molecule has 0 radical (unpaired) electrons. The molecule has 26 heavy (non-hydrogen) atoms. The van der Waals surface area contributed by atoms with E-state index in [1.807, 2.05) is 0 Å². The lowest BCUT2D eigenvalue weighted by Crippen LogP contribution is -2.27. The number of anilines is 1. The minimum Gasteiger partial charge on any atom is -0.322 e. The second-order valence-electron chi connectivity index (χ2n) is 5.42. The molecule has 3 rings (SSSR count). The van der Waals surface area contributed by atoms with Gasteiger partial charge in [-0.25, -0.2) is 8.78 Å². The summed E-state index contributed by atoms with van der Waals surface area (Å²) in [7, 11) is 0. The second-order valence-corrected chi connectivity index (χ2v) is 6.43. The van der Waals surface area contributed by atoms with Gasteiger partial charge in [0.15, 0.2) is 5.82 Å². The zero-order valence-electron chi connectivity index (χ0n) is 13.0. The number of nitrogens with zero attached hydrogens (tertiary/aromatic N) is 1. The molecule has 9 heteroatoms. The highest BCUT2D eigenvalue weighted by atomic mass is 32.2. The van der Waals surface area contributed by atoms with Crippen molar-refractivity contribution >= 4 is 28.4 Å². The van der Waals surface area contributed by atoms with Crippen molar-refractivity contribution in [1.29, 1.82) is 0 Å². The number of benzene rings is 2. The molecular weight excluding hydrogens is 375 g/mol. The fraction of sp³-hybridized carbons (Fsp3) is 0.176. The van der Waals surface area contributed by atoms with E-state index in [2.05, 4.69) is 10.3 Å². The molecule has 1 aliphatic rings. The van der Waals surface area contributed by atoms with Crippen LogP contribution in [0, 0.1) is 11.6 Å². The van der Waals surface area contributed by atoms with Gasteiger partial charge < -0.3 is 5.32 Å². The van der Waals surface area contributed by atoms with Gasteiger partial charge in [-0.05, 0) is 36.4 Å². The third kappa shape index (κ3) is 3.87. The van der Waals surface area contributed by atoms with Gasteiger partial charge >= 0.3 is 6.18 Å². The largest absolute Gasteiger partial charge is 0.419 e. The predicted octanol–water partition coefficient (Wildman–Crippen LogP) is 4.48. The third-order valence-corrected chi connectivity index (χ3v) is 4.70. The Bertz CT molecular complexity index is 864. The summed E-state index contributed by atoms with van der Waals surface area (Å²) in [6.07, 6.45) is -4.86. The Balaban J connectivity index is 1.76. The first-order chi connectivity index (χ1) is 12.3. The van der Waals surface area contributed by atoms with Crippen LogP contribution in [-0.4, -0.2) is 22.7 Å². The highest BCUT2D eigenvalue weighted by Crippen LogP contribution is 2.34. The zero-order valence-corrected chi connectivity index (χ0v) is 13.8. The maximum Gasteiger partial charge on any atom is 0.419 e. The van der Waals surface area contributed by atoms with Crippen molar-refractivity contribution < 1.29 is 26.7 Å². The number of alkyl halides is 3. The van der Waals surface area contributed by atoms with Crippen molar-refractivity contribution in [2.75, 3.05) is 11.1 Å². The molecule has 0 spiro atoms. The van der Waals surface area contributed by atoms with E-state index < -0.39 is 41.0 Å². The highest BCUT2D eigenvalue weighted by molar-refractivity contribution is 8.14. The summed E-state index contributed by atoms with van der Waals surface area (Å²) < 4.78 is 65.1. The monoisotopic (exact) mass is 386 g/mol. The average Bonchev–Trinajstić information content (AvgIpc) is 3.06. The minimum absolute atomic E-state index is 0.249. The number of hydrogen-bond donors (Lipinski definition) is 1. The fourth-order valence-electron chi connectivity index (χ4n) is 2.32. The van der Waals surface area contributed by atoms with Gasteiger partial charge in [0.25, 0.3) is 0 Å². The number of amides is 1. The summed E-state index contributed by atoms with van der Waals surface area (Å²) >= 11 is 1.25. The molecule has 0 aromatic heterocycles. The van der Waals surface area contributed by atoms with Gasteiger partial charge in [-0.2, -0.15) is 13.2 Å². The smallest absolute Gasteiger partial charge is 0.322 e. The van der Waals surface area contributed by atoms with Crippen LogP contribution in [0.1, 0.15) is 11.1 Å². The van der Waals surface area contributed by atoms with Gasteiger partial charge in [-0.1, -0.05) is 6.07 Å². The molecule has 0 saturated carbocycles. The Morgan fingerprint density at radius 1 is 1.12 bits per heavy atom. The van der Waals surface area contributed by atoms with Crippen LogP contribution in [0.25, 0.3) is 0 Å². The molecule has 1 amide bonds. The quantitative estimate of drug-likeness (QED) is 0.790. The maximum absolute atomic E-state index is 14.0. The van der Waals surface area contributed by atoms with Crippen molar-refractivity contribution in [2.24, 2.45) is 4.99 Å². The Morgan fingerprint density at radius 2 is 1.81 bits per heavy atom. The molecule has 136 valence electrons. The molecule has 0 saturated heterocycles. The molecule has 0 aliphatic carbocycles. The van der Waals surface area contributed by atoms with Crippen molar-refractivity contribution in [2.45, 2.75) is 12.2 Å². The van der Waals surface area contributed by atoms with Gasteiger partial charge in [0.2, 0.25) is 5.91 Å². The van der Waals surface area contributed by atoms with Crippen LogP contribution in [0.3, 0.4) is 0 Å². The van der Waals surface area contributed by atoms with E-state index in [0.717, 1.165) is 12.1 Å². The van der Waals surface area contributed by atoms with E-state index in [1.54, 1.807) is 0 Å². The first-order valence-electron chi connectivity index (χ1n) is 7.39. The molecule has 3 nitrogen and oxygen atoms in total. The van der Waals surface area contributed by atoms with Crippen molar-refractivity contribution in [3.63, 3.8) is 0 Å². The second kappa shape index (κ2) is 7.06. The molecule has 0 fully saturated rings. The van der Waals surface area contributed by atoms with Crippen LogP contribution in [-0.2, 0) is 11.0 Å². The van der Waals surface area contributed by atoms with E-state index in [-0.39, 0.29) is 5.75 Å². The lowest BCUT2D eigenvalue weighted by Gasteiger charge is -2.13. The van der Waals surface area contributed by atoms with Crippen LogP contribution in [0.5, 0.6) is 0 Å². The van der Waals surface area contributed by atoms with Gasteiger partial charge in [0, 0.05) is 11.3 Å². The SMILES string of the molecule is O=C(Nc1cccc(C(F)(F)F)c1F)C1CSC(c2ccc(F)cc2)=N1. The molecule has 1 heterocycles. The van der Waals surface area contributed by atoms with Crippen LogP contribution in [0.4, 0.5) is 27.6 Å². The lowest BCUT2D eigenvalue weighted by atomic mass is 10.1. The van der Waals surface area contributed by atoms with E-state index in [0.29, 0.717) is 16.7 Å². The van der Waals surface area contributed by atoms with Crippen LogP contribution >= 0.6 is 11.8 Å². The summed E-state index contributed by atoms with van der Waals surface area (Å²) in [5.74, 6) is -2.42. The van der Waals surface area contributed by atoms with Gasteiger partial charge in [-0.15, -0.1) is 11.8 Å². The van der Waals surface area contributed by atoms with Crippen LogP contribution < -0.4 is 5.32 Å². The number of thioether (sulfide) groups is 1. The topological polar surface area (TPSA) is 41.5 Å². The number of carbonyl (C=O) groups excluding carboxylic acids is 1. The van der Waals surface area contributed by atoms with E-state index in [4.69, 9.17) is 0 Å². The maximum atomic E-state index is 14.0. The standard InChI is InChI=1S/C17H11F5N2OS/c18-10-6-4-9(5-7-10)16-24-13(8-26-16)15(25)23-12-3-1-2-11(14(12)19)17(20,21)22/h1-7,13H,8H2,(H,23,25). The first-order valence-corrected chi connectivity index (χ1v) is 8.37. The third-order valence-electron chi connectivity index (χ3n) is 3.61. The number of hydrogen-bond acceptors (Lipinski definition) is 3. The summed E-state index contributed by atoms with van der Waals surface area (Å²) in [5, 5.41) is 2.66. The molecule has 1 aliphatic heterocycles. The number of rotatable bonds is 3. The molecule has 2 aromatic rings. The van der Waals surface area contributed by atoms with Gasteiger partial charge in [-0.3, -0.25) is 9.79 Å². The number of nitrogens with one attached hydrogen (secondary N) is 1. The molecule has 1 atom stereocenters. The van der Waals surface area contributed by atoms with Crippen molar-refractivity contribution in [3.05, 3.63) is 65.2 Å². The lowest BCUT2D eigenvalue weighted by molar-refractivity contribution is -0.140. The Hall–Kier alpha value is -2.42. The number of halogens is 5. The highest BCUT2D eigenvalue weighted by Gasteiger charge is 2.35. The summed E-state index contributed by atoms with van der Waals surface area (Å²) in [6, 6.07) is 7.30. The van der Waals surface area contributed by atoms with Gasteiger partial charge in [0.1, 0.15) is 11.9 Å². The number of carbonyl (C=O) groups is 1. The normalized spacial score (nSPS) is 17.1. The molecule has 0 bridgehead atoms. The average molecular weight is 386 g/mol.